The summed E-state index contributed by atoms with van der Waals surface area (Å²) in [5.74, 6) is 2.33. The summed E-state index contributed by atoms with van der Waals surface area (Å²) in [5, 5.41) is 8.63. The molecule has 0 aliphatic carbocycles. The summed E-state index contributed by atoms with van der Waals surface area (Å²) < 4.78 is 10.8. The molecule has 0 spiro atoms. The van der Waals surface area contributed by atoms with Crippen LogP contribution in [0.4, 0.5) is 11.5 Å². The predicted octanol–water partition coefficient (Wildman–Crippen LogP) is 4.76. The summed E-state index contributed by atoms with van der Waals surface area (Å²) in [7, 11) is 0. The van der Waals surface area contributed by atoms with Crippen molar-refractivity contribution in [1.29, 1.82) is 0 Å². The maximum Gasteiger partial charge on any atom is 0.231 e. The molecule has 5 rings (SSSR count). The highest BCUT2D eigenvalue weighted by Gasteiger charge is 2.14. The van der Waals surface area contributed by atoms with E-state index < -0.39 is 0 Å². The quantitative estimate of drug-likeness (QED) is 0.566. The summed E-state index contributed by atoms with van der Waals surface area (Å²) in [5.41, 5.74) is 4.24. The molecule has 1 aliphatic rings. The van der Waals surface area contributed by atoms with Gasteiger partial charge in [-0.2, -0.15) is 11.3 Å². The highest BCUT2D eigenvalue weighted by atomic mass is 32.1. The van der Waals surface area contributed by atoms with E-state index >= 15 is 0 Å². The van der Waals surface area contributed by atoms with Gasteiger partial charge in [-0.15, -0.1) is 0 Å². The van der Waals surface area contributed by atoms with E-state index in [0.717, 1.165) is 39.6 Å². The van der Waals surface area contributed by atoms with E-state index in [-0.39, 0.29) is 6.79 Å². The van der Waals surface area contributed by atoms with Gasteiger partial charge in [-0.25, -0.2) is 4.98 Å². The Bertz CT molecular complexity index is 1020. The Balaban J connectivity index is 1.54. The van der Waals surface area contributed by atoms with Gasteiger partial charge in [0.1, 0.15) is 5.82 Å². The van der Waals surface area contributed by atoms with Gasteiger partial charge in [-0.3, -0.25) is 0 Å². The predicted molar refractivity (Wildman–Crippen MR) is 95.3 cm³/mol. The minimum atomic E-state index is 0.272. The summed E-state index contributed by atoms with van der Waals surface area (Å²) in [6.45, 7) is 0.272. The number of H-pyrrole nitrogens is 1. The highest BCUT2D eigenvalue weighted by molar-refractivity contribution is 7.08. The van der Waals surface area contributed by atoms with Crippen LogP contribution in [0.2, 0.25) is 0 Å². The number of rotatable bonds is 3. The second kappa shape index (κ2) is 5.28. The van der Waals surface area contributed by atoms with E-state index in [2.05, 4.69) is 38.2 Å². The SMILES string of the molecule is c1cc2[nH]c(-c3ccsc3)cc2c(Nc2ccc3c(c2)OCO3)n1. The van der Waals surface area contributed by atoms with Gasteiger partial charge in [0.2, 0.25) is 6.79 Å². The summed E-state index contributed by atoms with van der Waals surface area (Å²) in [4.78, 5) is 7.94. The molecule has 0 radical (unpaired) electrons. The average Bonchev–Trinajstić information content (AvgIpc) is 3.34. The molecule has 0 amide bonds. The van der Waals surface area contributed by atoms with E-state index in [9.17, 15) is 0 Å². The van der Waals surface area contributed by atoms with E-state index in [4.69, 9.17) is 9.47 Å². The number of benzene rings is 1. The number of hydrogen-bond donors (Lipinski definition) is 2. The van der Waals surface area contributed by atoms with Crippen LogP contribution >= 0.6 is 11.3 Å². The number of aromatic nitrogens is 2. The van der Waals surface area contributed by atoms with Gasteiger partial charge in [0.15, 0.2) is 11.5 Å². The zero-order valence-corrected chi connectivity index (χ0v) is 13.4. The molecule has 0 saturated carbocycles. The van der Waals surface area contributed by atoms with Crippen LogP contribution in [0.1, 0.15) is 0 Å². The third-order valence-electron chi connectivity index (χ3n) is 4.02. The molecule has 1 aromatic carbocycles. The van der Waals surface area contributed by atoms with Gasteiger partial charge in [0, 0.05) is 40.0 Å². The highest BCUT2D eigenvalue weighted by Crippen LogP contribution is 2.36. The molecule has 5 nitrogen and oxygen atoms in total. The van der Waals surface area contributed by atoms with Crippen molar-refractivity contribution in [2.75, 3.05) is 12.1 Å². The van der Waals surface area contributed by atoms with Crippen molar-refractivity contribution >= 4 is 33.7 Å². The van der Waals surface area contributed by atoms with Gasteiger partial charge < -0.3 is 19.8 Å². The van der Waals surface area contributed by atoms with Crippen LogP contribution in [-0.4, -0.2) is 16.8 Å². The number of thiophene rings is 1. The lowest BCUT2D eigenvalue weighted by molar-refractivity contribution is 0.174. The van der Waals surface area contributed by atoms with Crippen LogP contribution in [0.5, 0.6) is 11.5 Å². The van der Waals surface area contributed by atoms with Crippen molar-refractivity contribution in [3.63, 3.8) is 0 Å². The van der Waals surface area contributed by atoms with Crippen LogP contribution in [0.25, 0.3) is 22.2 Å². The van der Waals surface area contributed by atoms with Gasteiger partial charge in [-0.05, 0) is 35.7 Å². The second-order valence-corrected chi connectivity index (χ2v) is 6.29. The van der Waals surface area contributed by atoms with E-state index in [0.29, 0.717) is 0 Å². The number of nitrogens with one attached hydrogen (secondary N) is 2. The molecule has 24 heavy (non-hydrogen) atoms. The van der Waals surface area contributed by atoms with E-state index in [1.807, 2.05) is 24.3 Å². The molecule has 0 fully saturated rings. The normalized spacial score (nSPS) is 12.7. The Morgan fingerprint density at radius 3 is 2.96 bits per heavy atom. The van der Waals surface area contributed by atoms with Crippen LogP contribution in [-0.2, 0) is 0 Å². The Morgan fingerprint density at radius 2 is 2.04 bits per heavy atom. The fourth-order valence-electron chi connectivity index (χ4n) is 2.84. The Morgan fingerprint density at radius 1 is 1.08 bits per heavy atom. The van der Waals surface area contributed by atoms with Crippen LogP contribution in [0.3, 0.4) is 0 Å². The number of anilines is 2. The van der Waals surface area contributed by atoms with Gasteiger partial charge in [0.25, 0.3) is 0 Å². The molecule has 6 heteroatoms. The van der Waals surface area contributed by atoms with Crippen LogP contribution in [0, 0.1) is 0 Å². The number of fused-ring (bicyclic) bond motifs is 2. The maximum absolute atomic E-state index is 5.43. The topological polar surface area (TPSA) is 59.2 Å². The molecule has 4 aromatic rings. The molecular formula is C18H13N3O2S. The van der Waals surface area contributed by atoms with E-state index in [1.165, 1.54) is 5.56 Å². The van der Waals surface area contributed by atoms with Gasteiger partial charge in [0.05, 0.1) is 5.52 Å². The minimum absolute atomic E-state index is 0.272. The van der Waals surface area contributed by atoms with Crippen molar-refractivity contribution in [3.8, 4) is 22.8 Å². The molecule has 4 heterocycles. The summed E-state index contributed by atoms with van der Waals surface area (Å²) in [6.07, 6.45) is 1.80. The first kappa shape index (κ1) is 13.4. The van der Waals surface area contributed by atoms with E-state index in [1.54, 1.807) is 17.5 Å². The van der Waals surface area contributed by atoms with Crippen LogP contribution in [0.15, 0.2) is 53.4 Å². The molecule has 0 unspecified atom stereocenters. The standard InChI is InChI=1S/C18H13N3O2S/c1-2-16-17(23-10-22-16)7-12(1)20-18-13-8-15(11-4-6-24-9-11)21-14(13)3-5-19-18/h1-9,21H,10H2,(H,19,20). The van der Waals surface area contributed by atoms with Crippen LogP contribution < -0.4 is 14.8 Å². The first-order valence-corrected chi connectivity index (χ1v) is 8.48. The number of nitrogens with zero attached hydrogens (tertiary/aromatic N) is 1. The monoisotopic (exact) mass is 335 g/mol. The zero-order valence-electron chi connectivity index (χ0n) is 12.6. The fraction of sp³-hybridized carbons (Fsp3) is 0.0556. The molecule has 0 atom stereocenters. The number of ether oxygens (including phenoxy) is 2. The van der Waals surface area contributed by atoms with Crippen molar-refractivity contribution in [3.05, 3.63) is 53.4 Å². The molecule has 118 valence electrons. The smallest absolute Gasteiger partial charge is 0.231 e. The molecule has 3 aromatic heterocycles. The van der Waals surface area contributed by atoms with Gasteiger partial charge in [-0.1, -0.05) is 0 Å². The summed E-state index contributed by atoms with van der Waals surface area (Å²) in [6, 6.07) is 12.0. The maximum atomic E-state index is 5.43. The van der Waals surface area contributed by atoms with Gasteiger partial charge >= 0.3 is 0 Å². The first-order chi connectivity index (χ1) is 11.9. The third kappa shape index (κ3) is 2.19. The first-order valence-electron chi connectivity index (χ1n) is 7.54. The zero-order chi connectivity index (χ0) is 15.9. The van der Waals surface area contributed by atoms with Crippen molar-refractivity contribution in [2.45, 2.75) is 0 Å². The number of hydrogen-bond acceptors (Lipinski definition) is 5. The lowest BCUT2D eigenvalue weighted by Gasteiger charge is -2.07. The van der Waals surface area contributed by atoms with Crippen molar-refractivity contribution < 1.29 is 9.47 Å². The second-order valence-electron chi connectivity index (χ2n) is 5.51. The minimum Gasteiger partial charge on any atom is -0.454 e. The lowest BCUT2D eigenvalue weighted by atomic mass is 10.2. The largest absolute Gasteiger partial charge is 0.454 e. The Labute approximate surface area is 141 Å². The fourth-order valence-corrected chi connectivity index (χ4v) is 3.49. The molecule has 1 aliphatic heterocycles. The molecule has 0 saturated heterocycles. The Hall–Kier alpha value is -2.99. The lowest BCUT2D eigenvalue weighted by Crippen LogP contribution is -1.94. The molecule has 0 bridgehead atoms. The number of pyridine rings is 1. The average molecular weight is 335 g/mol. The van der Waals surface area contributed by atoms with Crippen molar-refractivity contribution in [2.24, 2.45) is 0 Å². The summed E-state index contributed by atoms with van der Waals surface area (Å²) >= 11 is 1.69. The molecule has 2 N–H and O–H groups in total. The third-order valence-corrected chi connectivity index (χ3v) is 4.70. The Kier molecular flexibility index (Phi) is 2.96. The molecular weight excluding hydrogens is 322 g/mol. The number of aromatic amines is 1. The van der Waals surface area contributed by atoms with Crippen molar-refractivity contribution in [1.82, 2.24) is 9.97 Å².